The van der Waals surface area contributed by atoms with Gasteiger partial charge >= 0.3 is 0 Å². The Balaban J connectivity index is 1.43. The molecule has 0 saturated heterocycles. The molecule has 7 aromatic rings. The molecule has 7 rings (SSSR count). The van der Waals surface area contributed by atoms with Crippen molar-refractivity contribution in [1.29, 1.82) is 0 Å². The first-order valence-electron chi connectivity index (χ1n) is 13.6. The maximum Gasteiger partial charge on any atom is 0.115 e. The van der Waals surface area contributed by atoms with Gasteiger partial charge in [0.25, 0.3) is 0 Å². The molecule has 0 N–H and O–H groups in total. The standard InChI is InChI=1S/C38H30P/c1-28(35-24-22-31-21-20-29-12-11-13-30-23-25-36(35)38(31)37(29)30)26-27-39(32-14-5-2-6-15-32,33-16-7-3-8-17-33)34-18-9-4-10-19-34/h2-26H,27H2,1H3/q+1/b28-26+. The molecule has 0 radical (unpaired) electrons. The third-order valence-corrected chi connectivity index (χ3v) is 12.5. The van der Waals surface area contributed by atoms with Gasteiger partial charge in [-0.25, -0.2) is 0 Å². The van der Waals surface area contributed by atoms with Gasteiger partial charge in [-0.05, 0) is 92.9 Å². The van der Waals surface area contributed by atoms with E-state index in [0.717, 1.165) is 6.16 Å². The molecule has 0 saturated carbocycles. The van der Waals surface area contributed by atoms with Crippen LogP contribution in [0.15, 0.2) is 152 Å². The molecule has 0 aliphatic rings. The Morgan fingerprint density at radius 3 is 1.49 bits per heavy atom. The minimum atomic E-state index is -1.92. The second kappa shape index (κ2) is 9.81. The predicted molar refractivity (Wildman–Crippen MR) is 174 cm³/mol. The number of hydrogen-bond acceptors (Lipinski definition) is 0. The molecular formula is C38H30P+. The molecule has 0 unspecified atom stereocenters. The molecule has 0 heterocycles. The van der Waals surface area contributed by atoms with Crippen LogP contribution in [0.25, 0.3) is 37.9 Å². The van der Waals surface area contributed by atoms with E-state index in [0.29, 0.717) is 0 Å². The Kier molecular flexibility index (Phi) is 5.99. The molecule has 7 aromatic carbocycles. The van der Waals surface area contributed by atoms with Crippen molar-refractivity contribution in [3.8, 4) is 0 Å². The first-order chi connectivity index (χ1) is 19.3. The number of allylic oxidation sites excluding steroid dienone is 2. The second-order valence-electron chi connectivity index (χ2n) is 10.4. The number of rotatable bonds is 6. The van der Waals surface area contributed by atoms with Gasteiger partial charge in [-0.1, -0.05) is 109 Å². The molecule has 0 amide bonds. The van der Waals surface area contributed by atoms with Crippen molar-refractivity contribution in [3.05, 3.63) is 157 Å². The van der Waals surface area contributed by atoms with Gasteiger partial charge in [0.2, 0.25) is 0 Å². The summed E-state index contributed by atoms with van der Waals surface area (Å²) in [6.45, 7) is 2.29. The van der Waals surface area contributed by atoms with Crippen molar-refractivity contribution in [2.45, 2.75) is 6.92 Å². The van der Waals surface area contributed by atoms with Crippen molar-refractivity contribution < 1.29 is 0 Å². The normalized spacial score (nSPS) is 12.5. The summed E-state index contributed by atoms with van der Waals surface area (Å²) in [6.07, 6.45) is 3.48. The van der Waals surface area contributed by atoms with E-state index in [2.05, 4.69) is 159 Å². The molecule has 0 aliphatic carbocycles. The third kappa shape index (κ3) is 3.95. The lowest BCUT2D eigenvalue weighted by Gasteiger charge is -2.27. The first-order valence-corrected chi connectivity index (χ1v) is 15.6. The summed E-state index contributed by atoms with van der Waals surface area (Å²) < 4.78 is 0. The summed E-state index contributed by atoms with van der Waals surface area (Å²) in [5.41, 5.74) is 2.66. The van der Waals surface area contributed by atoms with Crippen LogP contribution in [0.5, 0.6) is 0 Å². The summed E-state index contributed by atoms with van der Waals surface area (Å²) in [7, 11) is -1.92. The molecule has 0 nitrogen and oxygen atoms in total. The van der Waals surface area contributed by atoms with Crippen LogP contribution >= 0.6 is 7.26 Å². The minimum Gasteiger partial charge on any atom is -0.0620 e. The Hall–Kier alpha value is -4.25. The lowest BCUT2D eigenvalue weighted by atomic mass is 9.90. The Morgan fingerprint density at radius 2 is 0.949 bits per heavy atom. The maximum absolute atomic E-state index is 2.51. The maximum atomic E-state index is 2.51. The highest BCUT2D eigenvalue weighted by Gasteiger charge is 2.44. The molecule has 1 heteroatoms. The van der Waals surface area contributed by atoms with Gasteiger partial charge in [-0.3, -0.25) is 0 Å². The van der Waals surface area contributed by atoms with Crippen molar-refractivity contribution in [1.82, 2.24) is 0 Å². The van der Waals surface area contributed by atoms with Gasteiger partial charge in [0.15, 0.2) is 0 Å². The second-order valence-corrected chi connectivity index (χ2v) is 13.9. The molecule has 186 valence electrons. The largest absolute Gasteiger partial charge is 0.115 e. The zero-order valence-corrected chi connectivity index (χ0v) is 23.0. The smallest absolute Gasteiger partial charge is 0.0620 e. The van der Waals surface area contributed by atoms with Crippen LogP contribution < -0.4 is 15.9 Å². The highest BCUT2D eigenvalue weighted by molar-refractivity contribution is 7.95. The lowest BCUT2D eigenvalue weighted by molar-refractivity contribution is 1.58. The van der Waals surface area contributed by atoms with E-state index in [1.54, 1.807) is 0 Å². The Morgan fingerprint density at radius 1 is 0.487 bits per heavy atom. The molecule has 39 heavy (non-hydrogen) atoms. The zero-order chi connectivity index (χ0) is 26.2. The summed E-state index contributed by atoms with van der Waals surface area (Å²) in [5, 5.41) is 12.3. The van der Waals surface area contributed by atoms with Crippen LogP contribution in [-0.4, -0.2) is 6.16 Å². The fourth-order valence-electron chi connectivity index (χ4n) is 6.27. The van der Waals surface area contributed by atoms with Crippen LogP contribution in [0.2, 0.25) is 0 Å². The third-order valence-electron chi connectivity index (χ3n) is 8.22. The van der Waals surface area contributed by atoms with Crippen LogP contribution in [0.4, 0.5) is 0 Å². The number of hydrogen-bond donors (Lipinski definition) is 0. The summed E-state index contributed by atoms with van der Waals surface area (Å²) in [4.78, 5) is 0. The summed E-state index contributed by atoms with van der Waals surface area (Å²) in [6, 6.07) is 53.8. The SMILES string of the molecule is C/C(=C\C[P+](c1ccccc1)(c1ccccc1)c1ccccc1)c1ccc2ccc3cccc4ccc1c2c34. The van der Waals surface area contributed by atoms with Crippen LogP contribution in [0, 0.1) is 0 Å². The predicted octanol–water partition coefficient (Wildman–Crippen LogP) is 8.98. The molecule has 0 atom stereocenters. The van der Waals surface area contributed by atoms with Crippen molar-refractivity contribution in [3.63, 3.8) is 0 Å². The van der Waals surface area contributed by atoms with Crippen molar-refractivity contribution >= 4 is 61.1 Å². The van der Waals surface area contributed by atoms with Gasteiger partial charge in [-0.15, -0.1) is 0 Å². The topological polar surface area (TPSA) is 0 Å². The fourth-order valence-corrected chi connectivity index (χ4v) is 10.4. The fraction of sp³-hybridized carbons (Fsp3) is 0.0526. The lowest BCUT2D eigenvalue weighted by Crippen LogP contribution is -2.33. The quantitative estimate of drug-likeness (QED) is 0.153. The van der Waals surface area contributed by atoms with E-state index in [4.69, 9.17) is 0 Å². The van der Waals surface area contributed by atoms with Gasteiger partial charge in [0, 0.05) is 0 Å². The molecule has 0 aliphatic heterocycles. The van der Waals surface area contributed by atoms with E-state index in [-0.39, 0.29) is 0 Å². The average molecular weight is 518 g/mol. The van der Waals surface area contributed by atoms with E-state index in [1.807, 2.05) is 0 Å². The molecular weight excluding hydrogens is 487 g/mol. The Bertz CT molecular complexity index is 1810. The monoisotopic (exact) mass is 517 g/mol. The van der Waals surface area contributed by atoms with Gasteiger partial charge in [0.1, 0.15) is 23.2 Å². The van der Waals surface area contributed by atoms with E-state index in [9.17, 15) is 0 Å². The Labute approximate surface area is 230 Å². The van der Waals surface area contributed by atoms with Crippen LogP contribution in [-0.2, 0) is 0 Å². The van der Waals surface area contributed by atoms with Gasteiger partial charge in [0.05, 0.1) is 6.16 Å². The van der Waals surface area contributed by atoms with Crippen molar-refractivity contribution in [2.24, 2.45) is 0 Å². The number of benzene rings is 7. The van der Waals surface area contributed by atoms with Crippen molar-refractivity contribution in [2.75, 3.05) is 6.16 Å². The summed E-state index contributed by atoms with van der Waals surface area (Å²) >= 11 is 0. The van der Waals surface area contributed by atoms with E-state index >= 15 is 0 Å². The van der Waals surface area contributed by atoms with Crippen LogP contribution in [0.3, 0.4) is 0 Å². The van der Waals surface area contributed by atoms with Gasteiger partial charge in [-0.2, -0.15) is 0 Å². The van der Waals surface area contributed by atoms with E-state index in [1.165, 1.54) is 59.4 Å². The minimum absolute atomic E-state index is 0.971. The first kappa shape index (κ1) is 23.8. The van der Waals surface area contributed by atoms with Crippen LogP contribution in [0.1, 0.15) is 12.5 Å². The zero-order valence-electron chi connectivity index (χ0n) is 22.1. The summed E-state index contributed by atoms with van der Waals surface area (Å²) in [5.74, 6) is 0. The highest BCUT2D eigenvalue weighted by Crippen LogP contribution is 2.55. The highest BCUT2D eigenvalue weighted by atomic mass is 31.2. The molecule has 0 aromatic heterocycles. The average Bonchev–Trinajstić information content (AvgIpc) is 3.01. The van der Waals surface area contributed by atoms with Gasteiger partial charge < -0.3 is 0 Å². The molecule has 0 spiro atoms. The molecule has 0 fully saturated rings. The van der Waals surface area contributed by atoms with E-state index < -0.39 is 7.26 Å². The molecule has 0 bridgehead atoms.